The summed E-state index contributed by atoms with van der Waals surface area (Å²) in [6.07, 6.45) is -10.9. The lowest BCUT2D eigenvalue weighted by molar-refractivity contribution is -0.169. The van der Waals surface area contributed by atoms with Crippen LogP contribution in [0.15, 0.2) is 42.5 Å². The Labute approximate surface area is 249 Å². The van der Waals surface area contributed by atoms with Gasteiger partial charge < -0.3 is 25.0 Å². The first-order valence-electron chi connectivity index (χ1n) is 13.9. The van der Waals surface area contributed by atoms with Crippen molar-refractivity contribution < 1.29 is 50.2 Å². The van der Waals surface area contributed by atoms with Crippen LogP contribution in [-0.2, 0) is 39.8 Å². The Morgan fingerprint density at radius 2 is 1.66 bits per heavy atom. The van der Waals surface area contributed by atoms with E-state index < -0.39 is 54.0 Å². The van der Waals surface area contributed by atoms with Crippen molar-refractivity contribution in [2.45, 2.75) is 63.4 Å². The fraction of sp³-hybridized carbons (Fsp3) is 0.483. The normalized spacial score (nSPS) is 19.2. The molecule has 15 heteroatoms. The first kappa shape index (κ1) is 32.9. The topological polar surface area (TPSA) is 105 Å². The maximum Gasteiger partial charge on any atom is 0.416 e. The molecule has 3 amide bonds. The second-order valence-electron chi connectivity index (χ2n) is 10.6. The molecule has 2 heterocycles. The molecule has 2 aromatic carbocycles. The highest BCUT2D eigenvalue weighted by molar-refractivity contribution is 5.90. The van der Waals surface area contributed by atoms with Gasteiger partial charge in [0.2, 0.25) is 11.8 Å². The number of carbonyl (C=O) groups is 3. The van der Waals surface area contributed by atoms with Crippen LogP contribution in [-0.4, -0.2) is 71.6 Å². The van der Waals surface area contributed by atoms with E-state index in [0.29, 0.717) is 37.3 Å². The third kappa shape index (κ3) is 7.55. The number of halogens is 6. The number of alkyl halides is 6. The maximum absolute atomic E-state index is 13.6. The Bertz CT molecular complexity index is 1340. The molecule has 0 unspecified atom stereocenters. The van der Waals surface area contributed by atoms with Gasteiger partial charge in [0.15, 0.2) is 0 Å². The van der Waals surface area contributed by atoms with E-state index in [-0.39, 0.29) is 50.4 Å². The van der Waals surface area contributed by atoms with Crippen molar-refractivity contribution in [2.24, 2.45) is 5.73 Å². The van der Waals surface area contributed by atoms with Crippen molar-refractivity contribution in [3.05, 3.63) is 64.7 Å². The van der Waals surface area contributed by atoms with Crippen molar-refractivity contribution in [3.8, 4) is 5.75 Å². The van der Waals surface area contributed by atoms with Gasteiger partial charge >= 0.3 is 18.4 Å². The van der Waals surface area contributed by atoms with Crippen molar-refractivity contribution in [2.75, 3.05) is 26.7 Å². The number of benzene rings is 2. The lowest BCUT2D eigenvalue weighted by Gasteiger charge is -2.52. The van der Waals surface area contributed by atoms with E-state index in [0.717, 1.165) is 5.56 Å². The minimum Gasteiger partial charge on any atom is -0.497 e. The van der Waals surface area contributed by atoms with Crippen molar-refractivity contribution in [3.63, 3.8) is 0 Å². The number of ether oxygens (including phenoxy) is 2. The van der Waals surface area contributed by atoms with Crippen LogP contribution in [0.4, 0.5) is 31.1 Å². The molecule has 2 aromatic rings. The van der Waals surface area contributed by atoms with E-state index in [1.54, 1.807) is 24.3 Å². The highest BCUT2D eigenvalue weighted by Crippen LogP contribution is 2.37. The molecule has 2 fully saturated rings. The fourth-order valence-corrected chi connectivity index (χ4v) is 5.42. The maximum atomic E-state index is 13.6. The number of nitrogens with two attached hydrogens (primary N) is 1. The summed E-state index contributed by atoms with van der Waals surface area (Å²) in [5, 5.41) is 0. The summed E-state index contributed by atoms with van der Waals surface area (Å²) in [5.74, 6) is -0.124. The first-order chi connectivity index (χ1) is 20.7. The molecule has 0 spiro atoms. The van der Waals surface area contributed by atoms with Crippen LogP contribution in [0.1, 0.15) is 47.9 Å². The molecule has 240 valence electrons. The molecular weight excluding hydrogens is 598 g/mol. The van der Waals surface area contributed by atoms with E-state index in [9.17, 15) is 40.7 Å². The van der Waals surface area contributed by atoms with Gasteiger partial charge in [-0.05, 0) is 67.3 Å². The predicted molar refractivity (Wildman–Crippen MR) is 144 cm³/mol. The zero-order chi connectivity index (χ0) is 32.2. The van der Waals surface area contributed by atoms with Crippen molar-refractivity contribution in [1.29, 1.82) is 0 Å². The lowest BCUT2D eigenvalue weighted by Crippen LogP contribution is -2.71. The van der Waals surface area contributed by atoms with E-state index >= 15 is 0 Å². The number of rotatable bonds is 9. The molecule has 4 rings (SSSR count). The van der Waals surface area contributed by atoms with Crippen LogP contribution < -0.4 is 10.5 Å². The Kier molecular flexibility index (Phi) is 9.96. The quantitative estimate of drug-likeness (QED) is 0.316. The summed E-state index contributed by atoms with van der Waals surface area (Å²) in [5.41, 5.74) is 2.77. The molecule has 0 aromatic heterocycles. The average molecular weight is 631 g/mol. The first-order valence-corrected chi connectivity index (χ1v) is 13.9. The van der Waals surface area contributed by atoms with Crippen LogP contribution in [0.25, 0.3) is 0 Å². The van der Waals surface area contributed by atoms with Gasteiger partial charge in [0.05, 0.1) is 24.8 Å². The molecule has 44 heavy (non-hydrogen) atoms. The summed E-state index contributed by atoms with van der Waals surface area (Å²) in [4.78, 5) is 44.0. The number of nitrogens with zero attached hydrogens (tertiary/aromatic N) is 3. The van der Waals surface area contributed by atoms with E-state index in [4.69, 9.17) is 15.2 Å². The number of piperazine rings is 1. The third-order valence-corrected chi connectivity index (χ3v) is 7.54. The molecule has 0 saturated carbocycles. The van der Waals surface area contributed by atoms with Gasteiger partial charge in [0.25, 0.3) is 0 Å². The number of amides is 3. The Morgan fingerprint density at radius 1 is 0.977 bits per heavy atom. The lowest BCUT2D eigenvalue weighted by atomic mass is 9.98. The average Bonchev–Trinajstić information content (AvgIpc) is 2.97. The molecule has 9 nitrogen and oxygen atoms in total. The molecule has 2 saturated heterocycles. The Hall–Kier alpha value is -4.01. The molecule has 0 aliphatic carbocycles. The highest BCUT2D eigenvalue weighted by Gasteiger charge is 2.49. The summed E-state index contributed by atoms with van der Waals surface area (Å²) < 4.78 is 90.2. The van der Waals surface area contributed by atoms with Crippen LogP contribution in [0.3, 0.4) is 0 Å². The monoisotopic (exact) mass is 630 g/mol. The van der Waals surface area contributed by atoms with E-state index in [1.807, 2.05) is 0 Å². The van der Waals surface area contributed by atoms with E-state index in [2.05, 4.69) is 0 Å². The van der Waals surface area contributed by atoms with Gasteiger partial charge in [-0.3, -0.25) is 14.5 Å². The number of fused-ring (bicyclic) bond motifs is 1. The van der Waals surface area contributed by atoms with Gasteiger partial charge in [-0.1, -0.05) is 12.1 Å². The minimum absolute atomic E-state index is 0.0137. The number of carbonyl (C=O) groups excluding carboxylic acids is 3. The molecule has 2 atom stereocenters. The summed E-state index contributed by atoms with van der Waals surface area (Å²) in [7, 11) is 1.50. The van der Waals surface area contributed by atoms with Crippen LogP contribution >= 0.6 is 0 Å². The van der Waals surface area contributed by atoms with Crippen molar-refractivity contribution >= 4 is 17.9 Å². The zero-order valence-corrected chi connectivity index (χ0v) is 23.8. The van der Waals surface area contributed by atoms with Gasteiger partial charge in [-0.2, -0.15) is 26.3 Å². The number of unbranched alkanes of at least 4 members (excludes halogenated alkanes) is 1. The molecule has 0 bridgehead atoms. The molecule has 2 aliphatic heterocycles. The summed E-state index contributed by atoms with van der Waals surface area (Å²) >= 11 is 0. The molecule has 2 aliphatic rings. The fourth-order valence-electron chi connectivity index (χ4n) is 5.42. The van der Waals surface area contributed by atoms with Gasteiger partial charge in [0, 0.05) is 19.5 Å². The van der Waals surface area contributed by atoms with Gasteiger partial charge in [0.1, 0.15) is 24.6 Å². The smallest absolute Gasteiger partial charge is 0.416 e. The highest BCUT2D eigenvalue weighted by atomic mass is 19.4. The SMILES string of the molecule is COc1cccc(CN2C[C@@H]3N(C(=O)OCc4cc(C(F)(F)F)cc(C(F)(F)F)c4)CCC(=O)N3[C@@H](CCCCN)C2=O)c1. The Balaban J connectivity index is 1.59. The number of hydrogen-bond acceptors (Lipinski definition) is 6. The van der Waals surface area contributed by atoms with Crippen molar-refractivity contribution in [1.82, 2.24) is 14.7 Å². The van der Waals surface area contributed by atoms with E-state index in [1.165, 1.54) is 21.8 Å². The summed E-state index contributed by atoms with van der Waals surface area (Å²) in [6, 6.07) is 7.05. The summed E-state index contributed by atoms with van der Waals surface area (Å²) in [6.45, 7) is -0.585. The molecule has 0 radical (unpaired) electrons. The minimum atomic E-state index is -5.06. The standard InChI is InChI=1S/C29H32F6N4O5/c1-43-22-6-4-5-18(13-22)15-37-16-24-38(10-8-25(40)39(24)23(26(37)41)7-2-3-9-36)27(42)44-17-19-11-20(28(30,31)32)14-21(12-19)29(33,34)35/h4-6,11-14,23-24H,2-3,7-10,15-17,36H2,1H3/t23-,24+/m0/s1. The molecular formula is C29H32F6N4O5. The third-order valence-electron chi connectivity index (χ3n) is 7.54. The second kappa shape index (κ2) is 13.3. The van der Waals surface area contributed by atoms with Gasteiger partial charge in [-0.15, -0.1) is 0 Å². The van der Waals surface area contributed by atoms with Gasteiger partial charge in [-0.25, -0.2) is 4.79 Å². The predicted octanol–water partition coefficient (Wildman–Crippen LogP) is 4.77. The number of methoxy groups -OCH3 is 1. The molecule has 2 N–H and O–H groups in total. The van der Waals surface area contributed by atoms with Crippen LogP contribution in [0, 0.1) is 0 Å². The van der Waals surface area contributed by atoms with Crippen LogP contribution in [0.5, 0.6) is 5.75 Å². The second-order valence-corrected chi connectivity index (χ2v) is 10.6. The Morgan fingerprint density at radius 3 is 2.27 bits per heavy atom. The largest absolute Gasteiger partial charge is 0.497 e. The van der Waals surface area contributed by atoms with Crippen LogP contribution in [0.2, 0.25) is 0 Å². The number of hydrogen-bond donors (Lipinski definition) is 1. The zero-order valence-electron chi connectivity index (χ0n) is 23.8.